The quantitative estimate of drug-likeness (QED) is 0.367. The zero-order valence-electron chi connectivity index (χ0n) is 16.5. The number of hydrogen-bond acceptors (Lipinski definition) is 9. The summed E-state index contributed by atoms with van der Waals surface area (Å²) in [6.45, 7) is 1.52. The summed E-state index contributed by atoms with van der Waals surface area (Å²) in [5.74, 6) is -1.23. The number of carbonyl (C=O) groups is 1. The van der Waals surface area contributed by atoms with Crippen LogP contribution in [0, 0.1) is 12.7 Å². The highest BCUT2D eigenvalue weighted by atomic mass is 32.2. The van der Waals surface area contributed by atoms with Crippen molar-refractivity contribution < 1.29 is 27.4 Å². The zero-order valence-corrected chi connectivity index (χ0v) is 18.2. The first kappa shape index (κ1) is 22.8. The number of benzene rings is 1. The number of carboxylic acid groups (broad SMARTS) is 1. The zero-order chi connectivity index (χ0) is 22.8. The lowest BCUT2D eigenvalue weighted by molar-refractivity contribution is 0.0701. The van der Waals surface area contributed by atoms with E-state index in [1.807, 2.05) is 0 Å². The van der Waals surface area contributed by atoms with Gasteiger partial charge < -0.3 is 20.9 Å². The molecule has 0 spiro atoms. The Morgan fingerprint density at radius 1 is 1.39 bits per heavy atom. The number of nitrogens with one attached hydrogen (secondary N) is 2. The molecular formula is C18H20FN5O5S2. The second-order valence-corrected chi connectivity index (χ2v) is 9.46. The molecule has 13 heteroatoms. The minimum Gasteiger partial charge on any atom is -0.485 e. The predicted octanol–water partition coefficient (Wildman–Crippen LogP) is 1.84. The fraction of sp³-hybridized carbons (Fsp3) is 0.278. The Kier molecular flexibility index (Phi) is 6.69. The van der Waals surface area contributed by atoms with Crippen molar-refractivity contribution in [3.8, 4) is 5.75 Å². The molecule has 0 aliphatic rings. The Balaban J connectivity index is 1.95. The van der Waals surface area contributed by atoms with E-state index < -0.39 is 27.9 Å². The molecule has 10 nitrogen and oxygen atoms in total. The Morgan fingerprint density at radius 2 is 2.13 bits per heavy atom. The number of halogens is 1. The molecule has 1 atom stereocenters. The molecule has 0 amide bonds. The van der Waals surface area contributed by atoms with Crippen LogP contribution in [0.1, 0.15) is 15.2 Å². The topological polar surface area (TPSA) is 157 Å². The molecule has 0 bridgehead atoms. The second kappa shape index (κ2) is 9.09. The number of ether oxygens (including phenoxy) is 1. The first-order valence-corrected chi connectivity index (χ1v) is 11.6. The van der Waals surface area contributed by atoms with Crippen LogP contribution in [0.4, 0.5) is 15.9 Å². The van der Waals surface area contributed by atoms with Gasteiger partial charge in [-0.1, -0.05) is 0 Å². The highest BCUT2D eigenvalue weighted by Crippen LogP contribution is 2.36. The number of fused-ring (bicyclic) bond motifs is 1. The van der Waals surface area contributed by atoms with Gasteiger partial charge >= 0.3 is 5.97 Å². The number of aromatic nitrogens is 2. The molecule has 3 aromatic rings. The van der Waals surface area contributed by atoms with Gasteiger partial charge in [0.25, 0.3) is 0 Å². The number of thiophene rings is 1. The maximum atomic E-state index is 13.9. The Labute approximate surface area is 181 Å². The monoisotopic (exact) mass is 469 g/mol. The van der Waals surface area contributed by atoms with Crippen LogP contribution in [0.25, 0.3) is 10.2 Å². The van der Waals surface area contributed by atoms with E-state index in [4.69, 9.17) is 10.5 Å². The lowest BCUT2D eigenvalue weighted by Crippen LogP contribution is -2.39. The third-order valence-electron chi connectivity index (χ3n) is 4.25. The molecule has 5 N–H and O–H groups in total. The summed E-state index contributed by atoms with van der Waals surface area (Å²) in [6.07, 6.45) is 1.53. The van der Waals surface area contributed by atoms with Crippen molar-refractivity contribution in [1.29, 1.82) is 0 Å². The third-order valence-corrected chi connectivity index (χ3v) is 6.13. The Morgan fingerprint density at radius 3 is 2.77 bits per heavy atom. The highest BCUT2D eigenvalue weighted by molar-refractivity contribution is 7.88. The molecule has 0 saturated carbocycles. The number of sulfonamides is 1. The third kappa shape index (κ3) is 5.44. The summed E-state index contributed by atoms with van der Waals surface area (Å²) in [7, 11) is -3.46. The van der Waals surface area contributed by atoms with E-state index in [9.17, 15) is 22.7 Å². The largest absolute Gasteiger partial charge is 0.485 e. The van der Waals surface area contributed by atoms with Gasteiger partial charge in [0.15, 0.2) is 0 Å². The summed E-state index contributed by atoms with van der Waals surface area (Å²) in [4.78, 5) is 20.4. The van der Waals surface area contributed by atoms with Gasteiger partial charge in [0, 0.05) is 19.2 Å². The lowest BCUT2D eigenvalue weighted by Gasteiger charge is -2.20. The van der Waals surface area contributed by atoms with Crippen LogP contribution >= 0.6 is 11.3 Å². The molecule has 2 heterocycles. The second-order valence-electron chi connectivity index (χ2n) is 6.63. The van der Waals surface area contributed by atoms with E-state index in [1.54, 1.807) is 6.92 Å². The number of hydrogen-bond donors (Lipinski definition) is 4. The SMILES string of the molecule is Cc1c(C(=O)O)sc2ncnc(Nc3ccc(F)cc3OC(CN)CNS(C)(=O)=O)c12. The molecule has 166 valence electrons. The van der Waals surface area contributed by atoms with E-state index >= 15 is 0 Å². The van der Waals surface area contributed by atoms with Gasteiger partial charge in [-0.15, -0.1) is 11.3 Å². The average Bonchev–Trinajstić information content (AvgIpc) is 3.04. The fourth-order valence-corrected chi connectivity index (χ4v) is 4.27. The Hall–Kier alpha value is -2.87. The van der Waals surface area contributed by atoms with Crippen molar-refractivity contribution in [3.63, 3.8) is 0 Å². The normalized spacial score (nSPS) is 12.6. The molecule has 3 rings (SSSR count). The molecule has 1 aromatic carbocycles. The lowest BCUT2D eigenvalue weighted by atomic mass is 10.2. The van der Waals surface area contributed by atoms with Gasteiger partial charge in [-0.2, -0.15) is 0 Å². The fourth-order valence-electron chi connectivity index (χ4n) is 2.79. The highest BCUT2D eigenvalue weighted by Gasteiger charge is 2.20. The molecule has 0 aliphatic heterocycles. The molecule has 0 saturated heterocycles. The summed E-state index contributed by atoms with van der Waals surface area (Å²) in [6, 6.07) is 3.77. The molecule has 0 radical (unpaired) electrons. The van der Waals surface area contributed by atoms with E-state index in [0.717, 1.165) is 23.7 Å². The summed E-state index contributed by atoms with van der Waals surface area (Å²) in [5, 5.41) is 12.9. The Bertz CT molecular complexity index is 1230. The van der Waals surface area contributed by atoms with Crippen LogP contribution in [-0.2, 0) is 10.0 Å². The molecular weight excluding hydrogens is 449 g/mol. The van der Waals surface area contributed by atoms with Crippen LogP contribution in [0.3, 0.4) is 0 Å². The van der Waals surface area contributed by atoms with Crippen molar-refractivity contribution in [3.05, 3.63) is 40.8 Å². The van der Waals surface area contributed by atoms with Gasteiger partial charge in [0.2, 0.25) is 10.0 Å². The van der Waals surface area contributed by atoms with Gasteiger partial charge in [-0.25, -0.2) is 32.3 Å². The van der Waals surface area contributed by atoms with E-state index in [0.29, 0.717) is 27.3 Å². The van der Waals surface area contributed by atoms with Crippen molar-refractivity contribution in [1.82, 2.24) is 14.7 Å². The summed E-state index contributed by atoms with van der Waals surface area (Å²) < 4.78 is 44.6. The van der Waals surface area contributed by atoms with Gasteiger partial charge in [-0.3, -0.25) is 0 Å². The van der Waals surface area contributed by atoms with Crippen molar-refractivity contribution in [2.75, 3.05) is 24.7 Å². The van der Waals surface area contributed by atoms with Crippen LogP contribution in [0.2, 0.25) is 0 Å². The van der Waals surface area contributed by atoms with Crippen LogP contribution < -0.4 is 20.5 Å². The van der Waals surface area contributed by atoms with Gasteiger partial charge in [0.05, 0.1) is 17.3 Å². The van der Waals surface area contributed by atoms with E-state index in [-0.39, 0.29) is 23.7 Å². The van der Waals surface area contributed by atoms with Gasteiger partial charge in [0.1, 0.15) is 39.5 Å². The average molecular weight is 470 g/mol. The number of nitrogens with two attached hydrogens (primary N) is 1. The van der Waals surface area contributed by atoms with Crippen molar-refractivity contribution in [2.24, 2.45) is 5.73 Å². The number of nitrogens with zero attached hydrogens (tertiary/aromatic N) is 2. The number of aromatic carboxylic acids is 1. The molecule has 2 aromatic heterocycles. The standard InChI is InChI=1S/C18H20FN5O5S2/c1-9-14-16(21-8-22-17(14)30-15(9)18(25)26)24-12-4-3-10(19)5-13(12)29-11(6-20)7-23-31(2,27)28/h3-5,8,11,23H,6-7,20H2,1-2H3,(H,25,26)(H,21,22,24). The summed E-state index contributed by atoms with van der Waals surface area (Å²) >= 11 is 1.02. The molecule has 1 unspecified atom stereocenters. The number of aryl methyl sites for hydroxylation is 1. The minimum absolute atomic E-state index is 0.0260. The number of anilines is 2. The van der Waals surface area contributed by atoms with E-state index in [2.05, 4.69) is 20.0 Å². The molecule has 31 heavy (non-hydrogen) atoms. The van der Waals surface area contributed by atoms with Crippen LogP contribution in [0.15, 0.2) is 24.5 Å². The summed E-state index contributed by atoms with van der Waals surface area (Å²) in [5.41, 5.74) is 6.50. The number of carboxylic acids is 1. The molecule has 0 fully saturated rings. The van der Waals surface area contributed by atoms with Crippen LogP contribution in [-0.4, -0.2) is 54.9 Å². The molecule has 0 aliphatic carbocycles. The maximum absolute atomic E-state index is 13.9. The van der Waals surface area contributed by atoms with Crippen LogP contribution in [0.5, 0.6) is 5.75 Å². The smallest absolute Gasteiger partial charge is 0.346 e. The van der Waals surface area contributed by atoms with E-state index in [1.165, 1.54) is 18.5 Å². The predicted molar refractivity (Wildman–Crippen MR) is 115 cm³/mol. The maximum Gasteiger partial charge on any atom is 0.346 e. The first-order chi connectivity index (χ1) is 14.6. The first-order valence-electron chi connectivity index (χ1n) is 8.94. The van der Waals surface area contributed by atoms with Gasteiger partial charge in [-0.05, 0) is 24.6 Å². The van der Waals surface area contributed by atoms with Crippen molar-refractivity contribution >= 4 is 49.1 Å². The minimum atomic E-state index is -3.46. The number of rotatable bonds is 9. The van der Waals surface area contributed by atoms with Crippen molar-refractivity contribution in [2.45, 2.75) is 13.0 Å².